The molecule has 0 spiro atoms. The molecule has 2 N–H and O–H groups in total. The van der Waals surface area contributed by atoms with Gasteiger partial charge in [-0.3, -0.25) is 0 Å². The van der Waals surface area contributed by atoms with Gasteiger partial charge in [-0.2, -0.15) is 4.98 Å². The predicted molar refractivity (Wildman–Crippen MR) is 66.0 cm³/mol. The van der Waals surface area contributed by atoms with E-state index in [4.69, 9.17) is 26.6 Å². The topological polar surface area (TPSA) is 74.2 Å². The number of aromatic nitrogens is 2. The lowest BCUT2D eigenvalue weighted by Crippen LogP contribution is -2.37. The molecule has 2 heterocycles. The van der Waals surface area contributed by atoms with E-state index in [9.17, 15) is 4.39 Å². The number of nitrogens with two attached hydrogens (primary N) is 1. The Morgan fingerprint density at radius 1 is 1.42 bits per heavy atom. The Kier molecular flexibility index (Phi) is 3.00. The van der Waals surface area contributed by atoms with E-state index < -0.39 is 11.4 Å². The highest BCUT2D eigenvalue weighted by molar-refractivity contribution is 6.33. The van der Waals surface area contributed by atoms with E-state index in [-0.39, 0.29) is 10.8 Å². The van der Waals surface area contributed by atoms with Crippen LogP contribution in [0.15, 0.2) is 22.7 Å². The van der Waals surface area contributed by atoms with Gasteiger partial charge in [0, 0.05) is 12.2 Å². The van der Waals surface area contributed by atoms with E-state index in [1.54, 1.807) is 0 Å². The summed E-state index contributed by atoms with van der Waals surface area (Å²) >= 11 is 5.95. The van der Waals surface area contributed by atoms with Gasteiger partial charge in [-0.15, -0.1) is 0 Å². The molecule has 1 unspecified atom stereocenters. The molecule has 1 atom stereocenters. The van der Waals surface area contributed by atoms with Crippen LogP contribution in [-0.2, 0) is 10.3 Å². The molecule has 2 aromatic rings. The summed E-state index contributed by atoms with van der Waals surface area (Å²) in [6, 6.07) is 3.98. The van der Waals surface area contributed by atoms with Gasteiger partial charge < -0.3 is 15.0 Å². The average Bonchev–Trinajstić information content (AvgIpc) is 2.99. The molecule has 3 rings (SSSR count). The third-order valence-electron chi connectivity index (χ3n) is 3.08. The monoisotopic (exact) mass is 283 g/mol. The lowest BCUT2D eigenvalue weighted by Gasteiger charge is -2.15. The summed E-state index contributed by atoms with van der Waals surface area (Å²) in [5.74, 6) is 0.175. The SMILES string of the molecule is NC1(c2nc(-c3ccc(F)cc3Cl)no2)CCOC1. The molecule has 100 valence electrons. The zero-order chi connectivity index (χ0) is 13.5. The molecule has 0 radical (unpaired) electrons. The maximum Gasteiger partial charge on any atom is 0.249 e. The molecule has 1 aromatic heterocycles. The van der Waals surface area contributed by atoms with Gasteiger partial charge in [-0.05, 0) is 24.6 Å². The van der Waals surface area contributed by atoms with E-state index in [1.807, 2.05) is 0 Å². The van der Waals surface area contributed by atoms with Gasteiger partial charge in [0.05, 0.1) is 11.6 Å². The quantitative estimate of drug-likeness (QED) is 0.913. The van der Waals surface area contributed by atoms with Gasteiger partial charge in [0.1, 0.15) is 11.4 Å². The van der Waals surface area contributed by atoms with E-state index >= 15 is 0 Å². The van der Waals surface area contributed by atoms with Crippen LogP contribution in [0.1, 0.15) is 12.3 Å². The highest BCUT2D eigenvalue weighted by Gasteiger charge is 2.38. The van der Waals surface area contributed by atoms with Gasteiger partial charge in [0.25, 0.3) is 0 Å². The number of nitrogens with zero attached hydrogens (tertiary/aromatic N) is 2. The number of hydrogen-bond donors (Lipinski definition) is 1. The molecule has 7 heteroatoms. The maximum atomic E-state index is 13.0. The van der Waals surface area contributed by atoms with Crippen molar-refractivity contribution in [2.75, 3.05) is 13.2 Å². The normalized spacial score (nSPS) is 22.9. The first kappa shape index (κ1) is 12.5. The van der Waals surface area contributed by atoms with Crippen LogP contribution in [-0.4, -0.2) is 23.4 Å². The second-order valence-electron chi connectivity index (χ2n) is 4.51. The van der Waals surface area contributed by atoms with Crippen molar-refractivity contribution in [1.29, 1.82) is 0 Å². The van der Waals surface area contributed by atoms with Gasteiger partial charge in [-0.25, -0.2) is 4.39 Å². The fraction of sp³-hybridized carbons (Fsp3) is 0.333. The summed E-state index contributed by atoms with van der Waals surface area (Å²) < 4.78 is 23.4. The summed E-state index contributed by atoms with van der Waals surface area (Å²) in [6.45, 7) is 0.900. The second-order valence-corrected chi connectivity index (χ2v) is 4.91. The average molecular weight is 284 g/mol. The van der Waals surface area contributed by atoms with Gasteiger partial charge in [-0.1, -0.05) is 16.8 Å². The number of rotatable bonds is 2. The Balaban J connectivity index is 1.97. The van der Waals surface area contributed by atoms with Crippen LogP contribution in [0.3, 0.4) is 0 Å². The molecule has 1 aliphatic rings. The van der Waals surface area contributed by atoms with E-state index in [2.05, 4.69) is 10.1 Å². The van der Waals surface area contributed by atoms with E-state index in [0.29, 0.717) is 31.1 Å². The molecule has 5 nitrogen and oxygen atoms in total. The maximum absolute atomic E-state index is 13.0. The standard InChI is InChI=1S/C12H11ClFN3O2/c13-9-5-7(14)1-2-8(9)10-16-11(19-17-10)12(15)3-4-18-6-12/h1-2,5H,3-4,6,15H2. The Labute approximate surface area is 113 Å². The van der Waals surface area contributed by atoms with Crippen LogP contribution in [0.5, 0.6) is 0 Å². The minimum absolute atomic E-state index is 0.223. The van der Waals surface area contributed by atoms with Crippen LogP contribution in [0.2, 0.25) is 5.02 Å². The van der Waals surface area contributed by atoms with Crippen LogP contribution in [0, 0.1) is 5.82 Å². The van der Waals surface area contributed by atoms with Gasteiger partial charge in [0.15, 0.2) is 0 Å². The summed E-state index contributed by atoms with van der Waals surface area (Å²) in [4.78, 5) is 4.24. The number of ether oxygens (including phenoxy) is 1. The van der Waals surface area contributed by atoms with Crippen molar-refractivity contribution in [1.82, 2.24) is 10.1 Å². The Hall–Kier alpha value is -1.50. The number of benzene rings is 1. The van der Waals surface area contributed by atoms with E-state index in [0.717, 1.165) is 0 Å². The zero-order valence-electron chi connectivity index (χ0n) is 9.90. The Bertz CT molecular complexity index is 611. The first-order chi connectivity index (χ1) is 9.08. The van der Waals surface area contributed by atoms with Crippen molar-refractivity contribution < 1.29 is 13.7 Å². The summed E-state index contributed by atoms with van der Waals surface area (Å²) in [5.41, 5.74) is 5.87. The molecule has 1 fully saturated rings. The van der Waals surface area contributed by atoms with Crippen molar-refractivity contribution in [3.63, 3.8) is 0 Å². The first-order valence-corrected chi connectivity index (χ1v) is 6.12. The molecular formula is C12H11ClFN3O2. The molecular weight excluding hydrogens is 273 g/mol. The minimum atomic E-state index is -0.752. The second kappa shape index (κ2) is 4.56. The molecule has 0 aliphatic carbocycles. The Morgan fingerprint density at radius 2 is 2.26 bits per heavy atom. The first-order valence-electron chi connectivity index (χ1n) is 5.75. The smallest absolute Gasteiger partial charge is 0.249 e. The molecule has 0 bridgehead atoms. The van der Waals surface area contributed by atoms with Crippen LogP contribution in [0.25, 0.3) is 11.4 Å². The fourth-order valence-corrected chi connectivity index (χ4v) is 2.21. The molecule has 19 heavy (non-hydrogen) atoms. The fourth-order valence-electron chi connectivity index (χ4n) is 1.96. The number of hydrogen-bond acceptors (Lipinski definition) is 5. The van der Waals surface area contributed by atoms with Crippen molar-refractivity contribution in [2.24, 2.45) is 5.73 Å². The van der Waals surface area contributed by atoms with Crippen molar-refractivity contribution in [2.45, 2.75) is 12.0 Å². The number of halogens is 2. The summed E-state index contributed by atoms with van der Waals surface area (Å²) in [5, 5.41) is 4.06. The lowest BCUT2D eigenvalue weighted by atomic mass is 10.0. The minimum Gasteiger partial charge on any atom is -0.379 e. The molecule has 1 aliphatic heterocycles. The van der Waals surface area contributed by atoms with Crippen LogP contribution < -0.4 is 5.73 Å². The largest absolute Gasteiger partial charge is 0.379 e. The van der Waals surface area contributed by atoms with Crippen molar-refractivity contribution >= 4 is 11.6 Å². The highest BCUT2D eigenvalue weighted by Crippen LogP contribution is 2.30. The third-order valence-corrected chi connectivity index (χ3v) is 3.39. The predicted octanol–water partition coefficient (Wildman–Crippen LogP) is 2.10. The Morgan fingerprint density at radius 3 is 2.95 bits per heavy atom. The van der Waals surface area contributed by atoms with Gasteiger partial charge >= 0.3 is 0 Å². The van der Waals surface area contributed by atoms with Crippen LogP contribution >= 0.6 is 11.6 Å². The lowest BCUT2D eigenvalue weighted by molar-refractivity contribution is 0.166. The van der Waals surface area contributed by atoms with Crippen molar-refractivity contribution in [3.05, 3.63) is 34.9 Å². The molecule has 1 aromatic carbocycles. The molecule has 0 saturated carbocycles. The summed E-state index contributed by atoms with van der Waals surface area (Å²) in [6.07, 6.45) is 0.617. The molecule has 0 amide bonds. The van der Waals surface area contributed by atoms with Gasteiger partial charge in [0.2, 0.25) is 11.7 Å². The molecule has 1 saturated heterocycles. The zero-order valence-corrected chi connectivity index (χ0v) is 10.7. The highest BCUT2D eigenvalue weighted by atomic mass is 35.5. The van der Waals surface area contributed by atoms with E-state index in [1.165, 1.54) is 18.2 Å². The summed E-state index contributed by atoms with van der Waals surface area (Å²) in [7, 11) is 0. The van der Waals surface area contributed by atoms with Crippen molar-refractivity contribution in [3.8, 4) is 11.4 Å². The third kappa shape index (κ3) is 2.22. The van der Waals surface area contributed by atoms with Crippen LogP contribution in [0.4, 0.5) is 4.39 Å².